The van der Waals surface area contributed by atoms with E-state index in [-0.39, 0.29) is 5.54 Å². The van der Waals surface area contributed by atoms with E-state index in [1.165, 1.54) is 0 Å². The van der Waals surface area contributed by atoms with Crippen molar-refractivity contribution in [3.05, 3.63) is 54.4 Å². The van der Waals surface area contributed by atoms with Crippen LogP contribution in [0.5, 0.6) is 5.75 Å². The molecule has 0 bridgehead atoms. The lowest BCUT2D eigenvalue weighted by Gasteiger charge is -2.27. The summed E-state index contributed by atoms with van der Waals surface area (Å²) in [6, 6.07) is 12.4. The van der Waals surface area contributed by atoms with Crippen LogP contribution in [0, 0.1) is 12.8 Å². The smallest absolute Gasteiger partial charge is 0.122 e. The minimum Gasteiger partial charge on any atom is -0.491 e. The molecule has 0 saturated heterocycles. The maximum absolute atomic E-state index is 6.35. The lowest BCUT2D eigenvalue weighted by Crippen LogP contribution is -2.43. The molecule has 0 radical (unpaired) electrons. The zero-order valence-corrected chi connectivity index (χ0v) is 15.5. The zero-order valence-electron chi connectivity index (χ0n) is 15.5. The number of hydrogen-bond donors (Lipinski definition) is 1. The third kappa shape index (κ3) is 4.02. The third-order valence-corrected chi connectivity index (χ3v) is 4.34. The van der Waals surface area contributed by atoms with Gasteiger partial charge in [0.15, 0.2) is 0 Å². The Hall–Kier alpha value is -2.33. The number of ether oxygens (including phenoxy) is 1. The number of hydrogen-bond acceptors (Lipinski definition) is 3. The second-order valence-corrected chi connectivity index (χ2v) is 7.61. The molecule has 3 aromatic rings. The van der Waals surface area contributed by atoms with Crippen molar-refractivity contribution in [2.45, 2.75) is 39.7 Å². The Bertz CT molecular complexity index is 864. The topological polar surface area (TPSA) is 52.5 Å². The van der Waals surface area contributed by atoms with E-state index in [4.69, 9.17) is 10.5 Å². The molecule has 25 heavy (non-hydrogen) atoms. The highest BCUT2D eigenvalue weighted by Crippen LogP contribution is 2.29. The second-order valence-electron chi connectivity index (χ2n) is 7.61. The number of aryl methyl sites for hydroxylation is 1. The van der Waals surface area contributed by atoms with Gasteiger partial charge in [-0.05, 0) is 61.6 Å². The van der Waals surface area contributed by atoms with Crippen molar-refractivity contribution in [3.8, 4) is 16.9 Å². The molecule has 2 aromatic heterocycles. The van der Waals surface area contributed by atoms with E-state index in [9.17, 15) is 0 Å². The molecule has 2 heterocycles. The lowest BCUT2D eigenvalue weighted by atomic mass is 9.93. The Labute approximate surface area is 149 Å². The summed E-state index contributed by atoms with van der Waals surface area (Å²) in [6.45, 7) is 9.00. The SMILES string of the molecule is Cc1cc(-c2cnn3ccccc23)ccc1OCC(C)(N)CC(C)C. The molecule has 0 fully saturated rings. The fourth-order valence-corrected chi connectivity index (χ4v) is 3.37. The highest BCUT2D eigenvalue weighted by atomic mass is 16.5. The van der Waals surface area contributed by atoms with Gasteiger partial charge in [-0.2, -0.15) is 5.10 Å². The maximum atomic E-state index is 6.35. The summed E-state index contributed by atoms with van der Waals surface area (Å²) >= 11 is 0. The summed E-state index contributed by atoms with van der Waals surface area (Å²) in [5, 5.41) is 4.41. The summed E-state index contributed by atoms with van der Waals surface area (Å²) in [5.74, 6) is 1.44. The molecule has 132 valence electrons. The Morgan fingerprint density at radius 3 is 2.76 bits per heavy atom. The Balaban J connectivity index is 1.79. The second kappa shape index (κ2) is 6.89. The van der Waals surface area contributed by atoms with Gasteiger partial charge in [0.05, 0.1) is 11.7 Å². The molecule has 4 heteroatoms. The average molecular weight is 337 g/mol. The molecule has 0 amide bonds. The average Bonchev–Trinajstić information content (AvgIpc) is 2.96. The first-order valence-electron chi connectivity index (χ1n) is 8.81. The van der Waals surface area contributed by atoms with E-state index in [1.807, 2.05) is 35.1 Å². The quantitative estimate of drug-likeness (QED) is 0.723. The van der Waals surface area contributed by atoms with E-state index < -0.39 is 0 Å². The van der Waals surface area contributed by atoms with Crippen LogP contribution in [0.25, 0.3) is 16.6 Å². The van der Waals surface area contributed by atoms with Crippen molar-refractivity contribution in [3.63, 3.8) is 0 Å². The summed E-state index contributed by atoms with van der Waals surface area (Å²) in [4.78, 5) is 0. The van der Waals surface area contributed by atoms with Crippen molar-refractivity contribution in [1.82, 2.24) is 9.61 Å². The number of benzene rings is 1. The van der Waals surface area contributed by atoms with E-state index >= 15 is 0 Å². The monoisotopic (exact) mass is 337 g/mol. The number of pyridine rings is 1. The molecule has 0 aliphatic heterocycles. The van der Waals surface area contributed by atoms with Gasteiger partial charge in [-0.25, -0.2) is 4.52 Å². The van der Waals surface area contributed by atoms with E-state index in [0.717, 1.165) is 34.4 Å². The Morgan fingerprint density at radius 1 is 1.24 bits per heavy atom. The molecular formula is C21H27N3O. The normalized spacial score (nSPS) is 14.0. The number of nitrogens with zero attached hydrogens (tertiary/aromatic N) is 2. The summed E-state index contributed by atoms with van der Waals surface area (Å²) in [7, 11) is 0. The zero-order chi connectivity index (χ0) is 18.0. The Kier molecular flexibility index (Phi) is 4.82. The van der Waals surface area contributed by atoms with Crippen LogP contribution in [-0.4, -0.2) is 21.8 Å². The van der Waals surface area contributed by atoms with Crippen molar-refractivity contribution < 1.29 is 4.74 Å². The first kappa shape index (κ1) is 17.5. The van der Waals surface area contributed by atoms with Crippen molar-refractivity contribution in [2.75, 3.05) is 6.61 Å². The van der Waals surface area contributed by atoms with Crippen LogP contribution < -0.4 is 10.5 Å². The van der Waals surface area contributed by atoms with Crippen LogP contribution in [-0.2, 0) is 0 Å². The highest BCUT2D eigenvalue weighted by Gasteiger charge is 2.21. The van der Waals surface area contributed by atoms with Crippen molar-refractivity contribution >= 4 is 5.52 Å². The molecule has 0 saturated carbocycles. The molecule has 3 rings (SSSR count). The minimum absolute atomic E-state index is 0.318. The summed E-state index contributed by atoms with van der Waals surface area (Å²) < 4.78 is 7.91. The number of rotatable bonds is 6. The molecule has 1 atom stereocenters. The van der Waals surface area contributed by atoms with Crippen LogP contribution in [0.1, 0.15) is 32.8 Å². The predicted octanol–water partition coefficient (Wildman–Crippen LogP) is 4.45. The molecule has 0 aliphatic rings. The number of aromatic nitrogens is 2. The van der Waals surface area contributed by atoms with Crippen LogP contribution in [0.4, 0.5) is 0 Å². The largest absolute Gasteiger partial charge is 0.491 e. The molecule has 0 spiro atoms. The van der Waals surface area contributed by atoms with Gasteiger partial charge in [0, 0.05) is 17.3 Å². The fraction of sp³-hybridized carbons (Fsp3) is 0.381. The first-order chi connectivity index (χ1) is 11.9. The fourth-order valence-electron chi connectivity index (χ4n) is 3.37. The molecular weight excluding hydrogens is 310 g/mol. The van der Waals surface area contributed by atoms with Gasteiger partial charge in [-0.3, -0.25) is 0 Å². The van der Waals surface area contributed by atoms with Crippen molar-refractivity contribution in [1.29, 1.82) is 0 Å². The van der Waals surface area contributed by atoms with Gasteiger partial charge in [0.2, 0.25) is 0 Å². The van der Waals surface area contributed by atoms with Crippen LogP contribution in [0.3, 0.4) is 0 Å². The van der Waals surface area contributed by atoms with E-state index in [0.29, 0.717) is 12.5 Å². The maximum Gasteiger partial charge on any atom is 0.122 e. The summed E-state index contributed by atoms with van der Waals surface area (Å²) in [5.41, 5.74) is 10.5. The molecule has 2 N–H and O–H groups in total. The first-order valence-corrected chi connectivity index (χ1v) is 8.81. The van der Waals surface area contributed by atoms with Gasteiger partial charge in [-0.15, -0.1) is 0 Å². The molecule has 4 nitrogen and oxygen atoms in total. The van der Waals surface area contributed by atoms with Gasteiger partial charge in [0.1, 0.15) is 12.4 Å². The minimum atomic E-state index is -0.318. The van der Waals surface area contributed by atoms with Crippen LogP contribution >= 0.6 is 0 Å². The van der Waals surface area contributed by atoms with Gasteiger partial charge in [-0.1, -0.05) is 26.0 Å². The van der Waals surface area contributed by atoms with Crippen LogP contribution in [0.2, 0.25) is 0 Å². The predicted molar refractivity (Wildman–Crippen MR) is 103 cm³/mol. The molecule has 0 aliphatic carbocycles. The number of fused-ring (bicyclic) bond motifs is 1. The molecule has 1 aromatic carbocycles. The van der Waals surface area contributed by atoms with E-state index in [2.05, 4.69) is 51.0 Å². The van der Waals surface area contributed by atoms with E-state index in [1.54, 1.807) is 0 Å². The number of nitrogens with two attached hydrogens (primary N) is 1. The standard InChI is InChI=1S/C21H27N3O/c1-15(2)12-21(4,22)14-25-20-9-8-17(11-16(20)3)18-13-23-24-10-6-5-7-19(18)24/h5-11,13,15H,12,14,22H2,1-4H3. The third-order valence-electron chi connectivity index (χ3n) is 4.34. The van der Waals surface area contributed by atoms with Gasteiger partial charge < -0.3 is 10.5 Å². The lowest BCUT2D eigenvalue weighted by molar-refractivity contribution is 0.206. The molecule has 1 unspecified atom stereocenters. The summed E-state index contributed by atoms with van der Waals surface area (Å²) in [6.07, 6.45) is 4.80. The van der Waals surface area contributed by atoms with Gasteiger partial charge >= 0.3 is 0 Å². The Morgan fingerprint density at radius 2 is 2.04 bits per heavy atom. The van der Waals surface area contributed by atoms with Crippen molar-refractivity contribution in [2.24, 2.45) is 11.7 Å². The highest BCUT2D eigenvalue weighted by molar-refractivity contribution is 5.80. The van der Waals surface area contributed by atoms with Crippen LogP contribution in [0.15, 0.2) is 48.8 Å². The van der Waals surface area contributed by atoms with Gasteiger partial charge in [0.25, 0.3) is 0 Å².